The lowest BCUT2D eigenvalue weighted by atomic mass is 9.84. The quantitative estimate of drug-likeness (QED) is 0.896. The van der Waals surface area contributed by atoms with Gasteiger partial charge in [0.25, 0.3) is 10.0 Å². The van der Waals surface area contributed by atoms with Gasteiger partial charge in [-0.1, -0.05) is 19.3 Å². The van der Waals surface area contributed by atoms with E-state index in [-0.39, 0.29) is 4.21 Å². The lowest BCUT2D eigenvalue weighted by Gasteiger charge is -2.30. The van der Waals surface area contributed by atoms with Gasteiger partial charge in [-0.3, -0.25) is 0 Å². The van der Waals surface area contributed by atoms with Crippen LogP contribution in [0.5, 0.6) is 0 Å². The molecule has 2 rings (SSSR count). The third-order valence-electron chi connectivity index (χ3n) is 3.35. The molecule has 1 aromatic rings. The zero-order valence-electron chi connectivity index (χ0n) is 10.6. The van der Waals surface area contributed by atoms with Crippen molar-refractivity contribution in [2.45, 2.75) is 48.8 Å². The van der Waals surface area contributed by atoms with E-state index in [0.717, 1.165) is 28.6 Å². The van der Waals surface area contributed by atoms with Crippen LogP contribution in [0.1, 0.15) is 37.7 Å². The van der Waals surface area contributed by atoms with Crippen LogP contribution in [0, 0.1) is 18.3 Å². The van der Waals surface area contributed by atoms with Gasteiger partial charge in [0.1, 0.15) is 9.75 Å². The number of nitrogens with zero attached hydrogens (tertiary/aromatic N) is 1. The molecular weight excluding hydrogens is 348 g/mol. The van der Waals surface area contributed by atoms with Gasteiger partial charge in [0.15, 0.2) is 0 Å². The first kappa shape index (κ1) is 15.0. The molecule has 1 aromatic heterocycles. The Morgan fingerprint density at radius 2 is 2.05 bits per heavy atom. The van der Waals surface area contributed by atoms with Gasteiger partial charge in [-0.05, 0) is 47.3 Å². The summed E-state index contributed by atoms with van der Waals surface area (Å²) >= 11 is 4.50. The molecular formula is C12H15BrN2O2S2. The average Bonchev–Trinajstić information content (AvgIpc) is 2.71. The Morgan fingerprint density at radius 3 is 2.53 bits per heavy atom. The highest BCUT2D eigenvalue weighted by Gasteiger charge is 2.37. The molecule has 19 heavy (non-hydrogen) atoms. The number of halogens is 1. The first-order chi connectivity index (χ1) is 8.88. The molecule has 104 valence electrons. The van der Waals surface area contributed by atoms with Gasteiger partial charge in [0.2, 0.25) is 0 Å². The first-order valence-electron chi connectivity index (χ1n) is 6.10. The summed E-state index contributed by atoms with van der Waals surface area (Å²) in [7, 11) is -3.62. The van der Waals surface area contributed by atoms with E-state index in [0.29, 0.717) is 12.8 Å². The van der Waals surface area contributed by atoms with E-state index in [1.165, 1.54) is 11.3 Å². The van der Waals surface area contributed by atoms with Crippen molar-refractivity contribution in [3.8, 4) is 6.07 Å². The van der Waals surface area contributed by atoms with Crippen LogP contribution < -0.4 is 4.72 Å². The summed E-state index contributed by atoms with van der Waals surface area (Å²) in [5.41, 5.74) is -0.0402. The number of rotatable bonds is 3. The van der Waals surface area contributed by atoms with E-state index in [2.05, 4.69) is 26.7 Å². The van der Waals surface area contributed by atoms with Crippen LogP contribution >= 0.6 is 27.3 Å². The van der Waals surface area contributed by atoms with Crippen LogP contribution in [0.3, 0.4) is 0 Å². The zero-order valence-corrected chi connectivity index (χ0v) is 13.8. The van der Waals surface area contributed by atoms with Crippen molar-refractivity contribution in [1.29, 1.82) is 5.26 Å². The summed E-state index contributed by atoms with van der Waals surface area (Å²) in [6.07, 6.45) is 4.03. The monoisotopic (exact) mass is 362 g/mol. The first-order valence-corrected chi connectivity index (χ1v) is 9.19. The summed E-state index contributed by atoms with van der Waals surface area (Å²) in [5, 5.41) is 9.33. The lowest BCUT2D eigenvalue weighted by Crippen LogP contribution is -2.48. The van der Waals surface area contributed by atoms with E-state index in [4.69, 9.17) is 0 Å². The van der Waals surface area contributed by atoms with E-state index < -0.39 is 15.6 Å². The molecule has 1 N–H and O–H groups in total. The van der Waals surface area contributed by atoms with E-state index >= 15 is 0 Å². The minimum absolute atomic E-state index is 0.261. The second kappa shape index (κ2) is 5.52. The second-order valence-corrected chi connectivity index (χ2v) is 9.16. The number of nitrogens with one attached hydrogen (secondary N) is 1. The maximum atomic E-state index is 12.4. The Bertz CT molecular complexity index is 591. The van der Waals surface area contributed by atoms with E-state index in [1.807, 2.05) is 6.92 Å². The molecule has 1 aliphatic carbocycles. The standard InChI is InChI=1S/C12H15BrN2O2S2/c1-9-7-10(18-11(9)13)19(16,17)15-12(8-14)5-3-2-4-6-12/h7,15H,2-6H2,1H3. The predicted octanol–water partition coefficient (Wildman–Crippen LogP) is 3.32. The minimum Gasteiger partial charge on any atom is -0.206 e. The molecule has 7 heteroatoms. The third-order valence-corrected chi connectivity index (χ3v) is 7.50. The van der Waals surface area contributed by atoms with Gasteiger partial charge >= 0.3 is 0 Å². The van der Waals surface area contributed by atoms with Crippen LogP contribution in [0.15, 0.2) is 14.1 Å². The molecule has 0 bridgehead atoms. The Balaban J connectivity index is 2.28. The largest absolute Gasteiger partial charge is 0.251 e. The van der Waals surface area contributed by atoms with Gasteiger partial charge < -0.3 is 0 Å². The number of sulfonamides is 1. The van der Waals surface area contributed by atoms with Crippen molar-refractivity contribution in [2.24, 2.45) is 0 Å². The van der Waals surface area contributed by atoms with Crippen LogP contribution in [0.2, 0.25) is 0 Å². The van der Waals surface area contributed by atoms with Crippen molar-refractivity contribution < 1.29 is 8.42 Å². The Morgan fingerprint density at radius 1 is 1.42 bits per heavy atom. The summed E-state index contributed by atoms with van der Waals surface area (Å²) in [6.45, 7) is 1.85. The maximum absolute atomic E-state index is 12.4. The Labute approximate surface area is 126 Å². The maximum Gasteiger partial charge on any atom is 0.251 e. The molecule has 0 radical (unpaired) electrons. The molecule has 1 fully saturated rings. The van der Waals surface area contributed by atoms with Crippen molar-refractivity contribution in [2.75, 3.05) is 0 Å². The highest BCUT2D eigenvalue weighted by atomic mass is 79.9. The number of aryl methyl sites for hydroxylation is 1. The predicted molar refractivity (Wildman–Crippen MR) is 78.5 cm³/mol. The molecule has 1 heterocycles. The summed E-state index contributed by atoms with van der Waals surface area (Å²) in [6, 6.07) is 3.80. The molecule has 1 aliphatic rings. The number of thiophene rings is 1. The Kier molecular flexibility index (Phi) is 4.35. The molecule has 0 unspecified atom stereocenters. The topological polar surface area (TPSA) is 70.0 Å². The fourth-order valence-electron chi connectivity index (χ4n) is 2.26. The number of nitriles is 1. The number of hydrogen-bond acceptors (Lipinski definition) is 4. The van der Waals surface area contributed by atoms with Gasteiger partial charge in [0.05, 0.1) is 9.86 Å². The molecule has 0 atom stereocenters. The van der Waals surface area contributed by atoms with Gasteiger partial charge in [-0.2, -0.15) is 9.98 Å². The molecule has 0 saturated heterocycles. The van der Waals surface area contributed by atoms with Crippen LogP contribution in [0.25, 0.3) is 0 Å². The molecule has 0 aliphatic heterocycles. The van der Waals surface area contributed by atoms with Gasteiger partial charge in [0, 0.05) is 0 Å². The molecule has 0 amide bonds. The molecule has 0 aromatic carbocycles. The lowest BCUT2D eigenvalue weighted by molar-refractivity contribution is 0.338. The fourth-order valence-corrected chi connectivity index (χ4v) is 5.87. The molecule has 1 saturated carbocycles. The van der Waals surface area contributed by atoms with Crippen molar-refractivity contribution in [1.82, 2.24) is 4.72 Å². The summed E-state index contributed by atoms with van der Waals surface area (Å²) in [4.78, 5) is 0. The summed E-state index contributed by atoms with van der Waals surface area (Å²) < 4.78 is 28.4. The highest BCUT2D eigenvalue weighted by Crippen LogP contribution is 2.33. The Hall–Kier alpha value is -0.420. The normalized spacial score (nSPS) is 19.0. The highest BCUT2D eigenvalue weighted by molar-refractivity contribution is 9.11. The average molecular weight is 363 g/mol. The van der Waals surface area contributed by atoms with Crippen LogP contribution in [-0.4, -0.2) is 14.0 Å². The fraction of sp³-hybridized carbons (Fsp3) is 0.583. The van der Waals surface area contributed by atoms with E-state index in [9.17, 15) is 13.7 Å². The number of hydrogen-bond donors (Lipinski definition) is 1. The summed E-state index contributed by atoms with van der Waals surface area (Å²) in [5.74, 6) is 0. The second-order valence-electron chi connectivity index (χ2n) is 4.88. The van der Waals surface area contributed by atoms with Gasteiger partial charge in [-0.15, -0.1) is 11.3 Å². The third kappa shape index (κ3) is 3.19. The van der Waals surface area contributed by atoms with Crippen LogP contribution in [-0.2, 0) is 10.0 Å². The SMILES string of the molecule is Cc1cc(S(=O)(=O)NC2(C#N)CCCCC2)sc1Br. The van der Waals surface area contributed by atoms with Crippen molar-refractivity contribution >= 4 is 37.3 Å². The van der Waals surface area contributed by atoms with Gasteiger partial charge in [-0.25, -0.2) is 8.42 Å². The molecule has 4 nitrogen and oxygen atoms in total. The molecule has 0 spiro atoms. The zero-order chi connectivity index (χ0) is 14.1. The van der Waals surface area contributed by atoms with E-state index in [1.54, 1.807) is 6.07 Å². The van der Waals surface area contributed by atoms with Crippen molar-refractivity contribution in [3.63, 3.8) is 0 Å². The smallest absolute Gasteiger partial charge is 0.206 e. The van der Waals surface area contributed by atoms with Crippen LogP contribution in [0.4, 0.5) is 0 Å². The minimum atomic E-state index is -3.62. The van der Waals surface area contributed by atoms with Crippen molar-refractivity contribution in [3.05, 3.63) is 15.4 Å².